The van der Waals surface area contributed by atoms with E-state index in [-0.39, 0.29) is 37.9 Å². The van der Waals surface area contributed by atoms with Gasteiger partial charge in [-0.15, -0.1) is 0 Å². The summed E-state index contributed by atoms with van der Waals surface area (Å²) in [6, 6.07) is 0. The number of alkyl carbamates (subject to hydrolysis) is 1. The second-order valence-electron chi connectivity index (χ2n) is 4.50. The number of aliphatic hydroxyl groups excluding tert-OH is 1. The first kappa shape index (κ1) is 15.2. The van der Waals surface area contributed by atoms with Crippen molar-refractivity contribution in [3.63, 3.8) is 0 Å². The van der Waals surface area contributed by atoms with E-state index in [0.29, 0.717) is 6.42 Å². The van der Waals surface area contributed by atoms with Crippen LogP contribution < -0.4 is 5.32 Å². The molecule has 0 aliphatic carbocycles. The normalized spacial score (nSPS) is 25.9. The Morgan fingerprint density at radius 1 is 1.39 bits per heavy atom. The van der Waals surface area contributed by atoms with Crippen LogP contribution in [0, 0.1) is 0 Å². The van der Waals surface area contributed by atoms with Gasteiger partial charge in [0.25, 0.3) is 0 Å². The van der Waals surface area contributed by atoms with Crippen molar-refractivity contribution in [3.8, 4) is 0 Å². The topological polar surface area (TPSA) is 102 Å². The molecule has 7 nitrogen and oxygen atoms in total. The molecule has 1 aliphatic rings. The first-order valence-electron chi connectivity index (χ1n) is 5.71. The summed E-state index contributed by atoms with van der Waals surface area (Å²) in [6.45, 7) is 2.06. The Balaban J connectivity index is 2.24. The van der Waals surface area contributed by atoms with E-state index in [9.17, 15) is 13.2 Å². The number of nitrogens with one attached hydrogen (secondary N) is 1. The predicted octanol–water partition coefficient (Wildman–Crippen LogP) is -0.701. The highest BCUT2D eigenvalue weighted by atomic mass is 32.2. The lowest BCUT2D eigenvalue weighted by Gasteiger charge is -2.23. The van der Waals surface area contributed by atoms with E-state index in [1.165, 1.54) is 0 Å². The molecule has 0 spiro atoms. The van der Waals surface area contributed by atoms with Crippen LogP contribution in [0.15, 0.2) is 0 Å². The van der Waals surface area contributed by atoms with E-state index < -0.39 is 21.5 Å². The number of hydrogen-bond acceptors (Lipinski definition) is 6. The second-order valence-corrected chi connectivity index (χ2v) is 6.68. The molecule has 0 bridgehead atoms. The zero-order valence-electron chi connectivity index (χ0n) is 10.3. The van der Waals surface area contributed by atoms with Crippen molar-refractivity contribution in [1.82, 2.24) is 5.32 Å². The summed E-state index contributed by atoms with van der Waals surface area (Å²) in [7, 11) is -3.05. The van der Waals surface area contributed by atoms with Gasteiger partial charge in [0, 0.05) is 0 Å². The molecular weight excluding hydrogens is 262 g/mol. The molecule has 1 rings (SSSR count). The van der Waals surface area contributed by atoms with Crippen molar-refractivity contribution in [1.29, 1.82) is 0 Å². The molecule has 8 heteroatoms. The molecular formula is C10H19NO6S. The molecule has 1 aliphatic heterocycles. The quantitative estimate of drug-likeness (QED) is 0.624. The van der Waals surface area contributed by atoms with E-state index in [2.05, 4.69) is 5.32 Å². The number of ether oxygens (including phenoxy) is 2. The Bertz CT molecular complexity index is 382. The summed E-state index contributed by atoms with van der Waals surface area (Å²) in [6.07, 6.45) is -0.256. The Hall–Kier alpha value is -0.860. The van der Waals surface area contributed by atoms with E-state index in [1.54, 1.807) is 6.92 Å². The number of amides is 1. The van der Waals surface area contributed by atoms with Crippen LogP contribution >= 0.6 is 0 Å². The fourth-order valence-corrected chi connectivity index (χ4v) is 3.84. The maximum absolute atomic E-state index is 11.4. The molecule has 0 aromatic heterocycles. The number of carbonyl (C=O) groups excluding carboxylic acids is 1. The number of rotatable bonds is 6. The summed E-state index contributed by atoms with van der Waals surface area (Å²) in [5.41, 5.74) is -0.748. The van der Waals surface area contributed by atoms with Crippen molar-refractivity contribution in [2.24, 2.45) is 0 Å². The van der Waals surface area contributed by atoms with E-state index in [1.807, 2.05) is 0 Å². The van der Waals surface area contributed by atoms with Crippen LogP contribution in [0.1, 0.15) is 13.3 Å². The van der Waals surface area contributed by atoms with Gasteiger partial charge < -0.3 is 19.9 Å². The van der Waals surface area contributed by atoms with Gasteiger partial charge in [-0.1, -0.05) is 0 Å². The van der Waals surface area contributed by atoms with Gasteiger partial charge in [0.15, 0.2) is 9.84 Å². The third kappa shape index (κ3) is 5.19. The van der Waals surface area contributed by atoms with E-state index >= 15 is 0 Å². The standard InChI is InChI=1S/C10H19NO6S/c1-10(2-7-18(14,15)8-10)11-9(13)17-6-5-16-4-3-12/h12H,2-8H2,1H3,(H,11,13)/t10-/m0/s1. The second kappa shape index (κ2) is 6.35. The minimum atomic E-state index is -3.05. The van der Waals surface area contributed by atoms with Crippen LogP contribution in [0.4, 0.5) is 4.79 Å². The van der Waals surface area contributed by atoms with Crippen molar-refractivity contribution >= 4 is 15.9 Å². The Kier molecular flexibility index (Phi) is 5.36. The lowest BCUT2D eigenvalue weighted by molar-refractivity contribution is 0.0518. The maximum atomic E-state index is 11.4. The van der Waals surface area contributed by atoms with Crippen LogP contribution in [0.5, 0.6) is 0 Å². The van der Waals surface area contributed by atoms with Gasteiger partial charge in [-0.25, -0.2) is 13.2 Å². The third-order valence-corrected chi connectivity index (χ3v) is 4.51. The van der Waals surface area contributed by atoms with Crippen LogP contribution in [0.25, 0.3) is 0 Å². The molecule has 1 fully saturated rings. The summed E-state index contributed by atoms with van der Waals surface area (Å²) < 4.78 is 32.4. The van der Waals surface area contributed by atoms with Crippen molar-refractivity contribution < 1.29 is 27.8 Å². The monoisotopic (exact) mass is 281 g/mol. The van der Waals surface area contributed by atoms with Crippen molar-refractivity contribution in [2.75, 3.05) is 37.9 Å². The fraction of sp³-hybridized carbons (Fsp3) is 0.900. The molecule has 106 valence electrons. The number of sulfone groups is 1. The van der Waals surface area contributed by atoms with Gasteiger partial charge in [-0.05, 0) is 13.3 Å². The zero-order chi connectivity index (χ0) is 13.6. The van der Waals surface area contributed by atoms with Gasteiger partial charge in [-0.2, -0.15) is 0 Å². The minimum absolute atomic E-state index is 0.0594. The molecule has 0 aromatic carbocycles. The fourth-order valence-electron chi connectivity index (χ4n) is 1.75. The zero-order valence-corrected chi connectivity index (χ0v) is 11.2. The van der Waals surface area contributed by atoms with Gasteiger partial charge in [0.05, 0.1) is 36.9 Å². The minimum Gasteiger partial charge on any atom is -0.447 e. The van der Waals surface area contributed by atoms with E-state index in [4.69, 9.17) is 14.6 Å². The smallest absolute Gasteiger partial charge is 0.407 e. The molecule has 0 radical (unpaired) electrons. The number of hydrogen-bond donors (Lipinski definition) is 2. The van der Waals surface area contributed by atoms with Crippen molar-refractivity contribution in [2.45, 2.75) is 18.9 Å². The SMILES string of the molecule is C[C@]1(NC(=O)OCCOCCO)CCS(=O)(=O)C1. The van der Waals surface area contributed by atoms with Gasteiger partial charge in [0.1, 0.15) is 6.61 Å². The van der Waals surface area contributed by atoms with Crippen LogP contribution in [-0.2, 0) is 19.3 Å². The largest absolute Gasteiger partial charge is 0.447 e. The molecule has 2 N–H and O–H groups in total. The molecule has 0 saturated carbocycles. The van der Waals surface area contributed by atoms with E-state index in [0.717, 1.165) is 0 Å². The molecule has 1 saturated heterocycles. The molecule has 0 unspecified atom stereocenters. The number of aliphatic hydroxyl groups is 1. The Morgan fingerprint density at radius 2 is 2.11 bits per heavy atom. The Labute approximate surface area is 106 Å². The highest BCUT2D eigenvalue weighted by Gasteiger charge is 2.39. The van der Waals surface area contributed by atoms with Gasteiger partial charge in [0.2, 0.25) is 0 Å². The molecule has 1 atom stereocenters. The average Bonchev–Trinajstić information content (AvgIpc) is 2.52. The molecule has 0 aromatic rings. The maximum Gasteiger partial charge on any atom is 0.407 e. The average molecular weight is 281 g/mol. The molecule has 1 amide bonds. The van der Waals surface area contributed by atoms with Crippen molar-refractivity contribution in [3.05, 3.63) is 0 Å². The summed E-state index contributed by atoms with van der Waals surface area (Å²) in [5, 5.41) is 11.0. The van der Waals surface area contributed by atoms with Crippen LogP contribution in [0.3, 0.4) is 0 Å². The summed E-state index contributed by atoms with van der Waals surface area (Å²) in [5.74, 6) is 0.0273. The predicted molar refractivity (Wildman–Crippen MR) is 64.1 cm³/mol. The first-order chi connectivity index (χ1) is 8.37. The molecule has 1 heterocycles. The van der Waals surface area contributed by atoms with Crippen LogP contribution in [-0.4, -0.2) is 63.1 Å². The Morgan fingerprint density at radius 3 is 2.67 bits per heavy atom. The lowest BCUT2D eigenvalue weighted by atomic mass is 10.0. The summed E-state index contributed by atoms with van der Waals surface area (Å²) in [4.78, 5) is 11.4. The first-order valence-corrected chi connectivity index (χ1v) is 7.53. The highest BCUT2D eigenvalue weighted by molar-refractivity contribution is 7.91. The van der Waals surface area contributed by atoms with Crippen LogP contribution in [0.2, 0.25) is 0 Å². The molecule has 18 heavy (non-hydrogen) atoms. The van der Waals surface area contributed by atoms with Gasteiger partial charge >= 0.3 is 6.09 Å². The highest BCUT2D eigenvalue weighted by Crippen LogP contribution is 2.22. The van der Waals surface area contributed by atoms with Gasteiger partial charge in [-0.3, -0.25) is 0 Å². The lowest BCUT2D eigenvalue weighted by Crippen LogP contribution is -2.47. The third-order valence-electron chi connectivity index (χ3n) is 2.60. The summed E-state index contributed by atoms with van der Waals surface area (Å²) >= 11 is 0. The number of carbonyl (C=O) groups is 1.